The van der Waals surface area contributed by atoms with Gasteiger partial charge in [-0.15, -0.1) is 0 Å². The Morgan fingerprint density at radius 1 is 1.17 bits per heavy atom. The Hall–Kier alpha value is -3.46. The molecule has 2 aliphatic rings. The van der Waals surface area contributed by atoms with Crippen LogP contribution in [0.1, 0.15) is 54.4 Å². The van der Waals surface area contributed by atoms with Crippen LogP contribution in [0.25, 0.3) is 0 Å². The van der Waals surface area contributed by atoms with Crippen molar-refractivity contribution in [1.29, 1.82) is 5.26 Å². The zero-order valence-corrected chi connectivity index (χ0v) is 16.9. The van der Waals surface area contributed by atoms with E-state index in [0.29, 0.717) is 42.0 Å². The second kappa shape index (κ2) is 8.11. The van der Waals surface area contributed by atoms with Crippen molar-refractivity contribution in [1.82, 2.24) is 0 Å². The number of anilines is 1. The molecule has 0 N–H and O–H groups in total. The van der Waals surface area contributed by atoms with Crippen molar-refractivity contribution in [2.45, 2.75) is 44.1 Å². The standard InChI is InChI=1S/C24H23N3O3/c1-2-30-18-11-9-17(10-12-18)27-22(28)20-8-4-3-7-19(20)21(23(27)29)15-26-24(16-25)13-5-6-14-24/h3-4,7-12,15,21H,2,5-6,13-14H2,1H3/t21-/m1/s1. The van der Waals surface area contributed by atoms with Gasteiger partial charge in [-0.1, -0.05) is 18.2 Å². The fourth-order valence-electron chi connectivity index (χ4n) is 4.15. The molecule has 0 spiro atoms. The third-order valence-corrected chi connectivity index (χ3v) is 5.73. The lowest BCUT2D eigenvalue weighted by atomic mass is 9.88. The van der Waals surface area contributed by atoms with Crippen LogP contribution in [-0.2, 0) is 4.79 Å². The molecule has 2 amide bonds. The van der Waals surface area contributed by atoms with Gasteiger partial charge in [0.25, 0.3) is 5.91 Å². The number of aliphatic imine (C=N–C) groups is 1. The molecule has 0 bridgehead atoms. The Morgan fingerprint density at radius 2 is 1.87 bits per heavy atom. The normalized spacial score (nSPS) is 20.3. The fraction of sp³-hybridized carbons (Fsp3) is 0.333. The quantitative estimate of drug-likeness (QED) is 0.553. The first-order valence-corrected chi connectivity index (χ1v) is 10.3. The summed E-state index contributed by atoms with van der Waals surface area (Å²) in [7, 11) is 0. The van der Waals surface area contributed by atoms with Gasteiger partial charge >= 0.3 is 0 Å². The predicted molar refractivity (Wildman–Crippen MR) is 114 cm³/mol. The molecule has 0 radical (unpaired) electrons. The minimum Gasteiger partial charge on any atom is -0.494 e. The highest BCUT2D eigenvalue weighted by molar-refractivity contribution is 6.29. The Bertz CT molecular complexity index is 1030. The van der Waals surface area contributed by atoms with E-state index in [-0.39, 0.29) is 11.8 Å². The zero-order valence-electron chi connectivity index (χ0n) is 16.9. The molecule has 1 fully saturated rings. The number of fused-ring (bicyclic) bond motifs is 1. The fourth-order valence-corrected chi connectivity index (χ4v) is 4.15. The smallest absolute Gasteiger partial charge is 0.265 e. The van der Waals surface area contributed by atoms with Gasteiger partial charge in [-0.25, -0.2) is 4.90 Å². The number of nitriles is 1. The maximum absolute atomic E-state index is 13.4. The van der Waals surface area contributed by atoms with Gasteiger partial charge in [0.05, 0.1) is 24.3 Å². The van der Waals surface area contributed by atoms with E-state index in [1.54, 1.807) is 48.7 Å². The van der Waals surface area contributed by atoms with Gasteiger partial charge in [0, 0.05) is 11.8 Å². The Balaban J connectivity index is 1.73. The number of imide groups is 1. The van der Waals surface area contributed by atoms with Crippen molar-refractivity contribution < 1.29 is 14.3 Å². The second-order valence-corrected chi connectivity index (χ2v) is 7.60. The molecule has 1 atom stereocenters. The summed E-state index contributed by atoms with van der Waals surface area (Å²) in [5.74, 6) is -0.761. The van der Waals surface area contributed by atoms with Crippen LogP contribution in [0.5, 0.6) is 5.75 Å². The summed E-state index contributed by atoms with van der Waals surface area (Å²) in [6.07, 6.45) is 4.88. The molecule has 1 heterocycles. The van der Waals surface area contributed by atoms with Crippen molar-refractivity contribution in [3.63, 3.8) is 0 Å². The number of nitrogens with zero attached hydrogens (tertiary/aromatic N) is 3. The van der Waals surface area contributed by atoms with Gasteiger partial charge in [-0.3, -0.25) is 14.6 Å². The number of hydrogen-bond acceptors (Lipinski definition) is 5. The lowest BCUT2D eigenvalue weighted by Crippen LogP contribution is -2.45. The lowest BCUT2D eigenvalue weighted by molar-refractivity contribution is -0.118. The summed E-state index contributed by atoms with van der Waals surface area (Å²) in [6.45, 7) is 2.43. The molecular formula is C24H23N3O3. The summed E-state index contributed by atoms with van der Waals surface area (Å²) in [5, 5.41) is 9.62. The first kappa shape index (κ1) is 19.8. The molecule has 0 aromatic heterocycles. The predicted octanol–water partition coefficient (Wildman–Crippen LogP) is 4.26. The molecule has 152 valence electrons. The largest absolute Gasteiger partial charge is 0.494 e. The van der Waals surface area contributed by atoms with Crippen LogP contribution in [0, 0.1) is 11.3 Å². The lowest BCUT2D eigenvalue weighted by Gasteiger charge is -2.31. The Labute approximate surface area is 175 Å². The van der Waals surface area contributed by atoms with Gasteiger partial charge in [-0.2, -0.15) is 5.26 Å². The van der Waals surface area contributed by atoms with Crippen molar-refractivity contribution >= 4 is 23.7 Å². The molecule has 0 saturated heterocycles. The molecule has 1 aliphatic carbocycles. The number of rotatable bonds is 5. The van der Waals surface area contributed by atoms with Crippen molar-refractivity contribution in [3.8, 4) is 11.8 Å². The highest BCUT2D eigenvalue weighted by Gasteiger charge is 2.40. The van der Waals surface area contributed by atoms with Crippen molar-refractivity contribution in [2.24, 2.45) is 4.99 Å². The van der Waals surface area contributed by atoms with E-state index in [2.05, 4.69) is 11.1 Å². The van der Waals surface area contributed by atoms with Gasteiger partial charge < -0.3 is 4.74 Å². The maximum atomic E-state index is 13.4. The number of hydrogen-bond donors (Lipinski definition) is 0. The van der Waals surface area contributed by atoms with Crippen molar-refractivity contribution in [2.75, 3.05) is 11.5 Å². The second-order valence-electron chi connectivity index (χ2n) is 7.60. The number of carbonyl (C=O) groups is 2. The molecule has 0 unspecified atom stereocenters. The van der Waals surface area contributed by atoms with E-state index >= 15 is 0 Å². The van der Waals surface area contributed by atoms with Gasteiger partial charge in [0.1, 0.15) is 11.3 Å². The third-order valence-electron chi connectivity index (χ3n) is 5.73. The molecule has 2 aromatic rings. The summed E-state index contributed by atoms with van der Waals surface area (Å²) < 4.78 is 5.46. The molecule has 30 heavy (non-hydrogen) atoms. The molecule has 6 nitrogen and oxygen atoms in total. The van der Waals surface area contributed by atoms with Crippen LogP contribution < -0.4 is 9.64 Å². The van der Waals surface area contributed by atoms with Crippen LogP contribution in [0.3, 0.4) is 0 Å². The van der Waals surface area contributed by atoms with Crippen LogP contribution in [0.4, 0.5) is 5.69 Å². The summed E-state index contributed by atoms with van der Waals surface area (Å²) >= 11 is 0. The number of amides is 2. The SMILES string of the molecule is CCOc1ccc(N2C(=O)c3ccccc3[C@@H](C=NC3(C#N)CCCC3)C2=O)cc1. The topological polar surface area (TPSA) is 82.8 Å². The average molecular weight is 401 g/mol. The van der Waals surface area contributed by atoms with E-state index < -0.39 is 11.5 Å². The Morgan fingerprint density at radius 3 is 2.53 bits per heavy atom. The van der Waals surface area contributed by atoms with Gasteiger partial charge in [0.15, 0.2) is 0 Å². The Kier molecular flexibility index (Phi) is 5.37. The van der Waals surface area contributed by atoms with Crippen LogP contribution in [-0.4, -0.2) is 30.2 Å². The molecule has 1 saturated carbocycles. The maximum Gasteiger partial charge on any atom is 0.265 e. The minimum atomic E-state index is -0.763. The van der Waals surface area contributed by atoms with Crippen LogP contribution >= 0.6 is 0 Å². The van der Waals surface area contributed by atoms with E-state index in [1.165, 1.54) is 4.90 Å². The first-order chi connectivity index (χ1) is 14.6. The van der Waals surface area contributed by atoms with E-state index in [1.807, 2.05) is 13.0 Å². The highest BCUT2D eigenvalue weighted by atomic mass is 16.5. The van der Waals surface area contributed by atoms with Gasteiger partial charge in [0.2, 0.25) is 5.91 Å². The van der Waals surface area contributed by atoms with Crippen LogP contribution in [0.15, 0.2) is 53.5 Å². The number of carbonyl (C=O) groups excluding carboxylic acids is 2. The summed E-state index contributed by atoms with van der Waals surface area (Å²) in [6, 6.07) is 16.3. The summed E-state index contributed by atoms with van der Waals surface area (Å²) in [4.78, 5) is 32.3. The number of ether oxygens (including phenoxy) is 1. The van der Waals surface area contributed by atoms with Crippen LogP contribution in [0.2, 0.25) is 0 Å². The molecule has 1 aliphatic heterocycles. The highest BCUT2D eigenvalue weighted by Crippen LogP contribution is 2.36. The van der Waals surface area contributed by atoms with Crippen molar-refractivity contribution in [3.05, 3.63) is 59.7 Å². The summed E-state index contributed by atoms with van der Waals surface area (Å²) in [5.41, 5.74) is 0.822. The monoisotopic (exact) mass is 401 g/mol. The van der Waals surface area contributed by atoms with E-state index in [0.717, 1.165) is 12.8 Å². The molecule has 2 aromatic carbocycles. The third kappa shape index (κ3) is 3.48. The molecule has 4 rings (SSSR count). The first-order valence-electron chi connectivity index (χ1n) is 10.3. The zero-order chi connectivity index (χ0) is 21.1. The molecular weight excluding hydrogens is 378 g/mol. The minimum absolute atomic E-state index is 0.361. The van der Waals surface area contributed by atoms with Gasteiger partial charge in [-0.05, 0) is 68.5 Å². The molecule has 6 heteroatoms. The number of benzene rings is 2. The van der Waals surface area contributed by atoms with E-state index in [4.69, 9.17) is 4.74 Å². The average Bonchev–Trinajstić information content (AvgIpc) is 3.25. The van der Waals surface area contributed by atoms with E-state index in [9.17, 15) is 14.9 Å².